The number of para-hydroxylation sites is 1. The van der Waals surface area contributed by atoms with Crippen LogP contribution >= 0.6 is 0 Å². The molecule has 0 bridgehead atoms. The van der Waals surface area contributed by atoms with E-state index in [1.54, 1.807) is 0 Å². The second-order valence-electron chi connectivity index (χ2n) is 15.1. The van der Waals surface area contributed by atoms with Gasteiger partial charge in [-0.1, -0.05) is 152 Å². The number of rotatable bonds is 3. The lowest BCUT2D eigenvalue weighted by Gasteiger charge is -2.22. The molecule has 2 nitrogen and oxygen atoms in total. The average molecular weight is 711 g/mol. The molecular formula is C54H30O2. The minimum absolute atomic E-state index is 0.899. The van der Waals surface area contributed by atoms with E-state index in [0.29, 0.717) is 0 Å². The van der Waals surface area contributed by atoms with Crippen LogP contribution in [0.2, 0.25) is 0 Å². The maximum atomic E-state index is 6.58. The molecule has 0 fully saturated rings. The molecule has 0 unspecified atom stereocenters. The lowest BCUT2D eigenvalue weighted by atomic mass is 9.86. The van der Waals surface area contributed by atoms with Crippen molar-refractivity contribution >= 4 is 53.9 Å². The Morgan fingerprint density at radius 1 is 0.232 bits per heavy atom. The van der Waals surface area contributed by atoms with Gasteiger partial charge in [0.2, 0.25) is 0 Å². The molecule has 0 aromatic heterocycles. The Morgan fingerprint density at radius 2 is 0.696 bits per heavy atom. The van der Waals surface area contributed by atoms with Crippen molar-refractivity contribution < 1.29 is 9.47 Å². The monoisotopic (exact) mass is 710 g/mol. The summed E-state index contributed by atoms with van der Waals surface area (Å²) < 4.78 is 13.0. The third kappa shape index (κ3) is 4.10. The largest absolute Gasteiger partial charge is 0.456 e. The van der Waals surface area contributed by atoms with Gasteiger partial charge in [0.15, 0.2) is 0 Å². The highest BCUT2D eigenvalue weighted by Gasteiger charge is 2.23. The second kappa shape index (κ2) is 11.1. The summed E-state index contributed by atoms with van der Waals surface area (Å²) >= 11 is 0. The molecule has 0 atom stereocenters. The summed E-state index contributed by atoms with van der Waals surface area (Å²) in [5.41, 5.74) is 11.9. The maximum Gasteiger partial charge on any atom is 0.135 e. The van der Waals surface area contributed by atoms with E-state index in [1.807, 2.05) is 12.1 Å². The molecule has 0 spiro atoms. The van der Waals surface area contributed by atoms with E-state index >= 15 is 0 Å². The smallest absolute Gasteiger partial charge is 0.135 e. The normalized spacial score (nSPS) is 12.6. The van der Waals surface area contributed by atoms with Crippen molar-refractivity contribution in [1.29, 1.82) is 0 Å². The van der Waals surface area contributed by atoms with Crippen LogP contribution in [-0.4, -0.2) is 0 Å². The lowest BCUT2D eigenvalue weighted by Crippen LogP contribution is -1.97. The molecular weight excluding hydrogens is 681 g/mol. The van der Waals surface area contributed by atoms with Crippen LogP contribution in [0.4, 0.5) is 0 Å². The van der Waals surface area contributed by atoms with Crippen molar-refractivity contribution in [2.75, 3.05) is 0 Å². The predicted octanol–water partition coefficient (Wildman–Crippen LogP) is 15.4. The van der Waals surface area contributed by atoms with Gasteiger partial charge in [-0.25, -0.2) is 0 Å². The first-order chi connectivity index (χ1) is 27.7. The van der Waals surface area contributed by atoms with Crippen LogP contribution in [0, 0.1) is 0 Å². The minimum Gasteiger partial charge on any atom is -0.456 e. The Labute approximate surface area is 322 Å². The first-order valence-corrected chi connectivity index (χ1v) is 19.2. The molecule has 2 heterocycles. The van der Waals surface area contributed by atoms with Gasteiger partial charge >= 0.3 is 0 Å². The molecule has 0 saturated heterocycles. The number of fused-ring (bicyclic) bond motifs is 4. The van der Waals surface area contributed by atoms with Crippen LogP contribution < -0.4 is 9.47 Å². The molecule has 13 rings (SSSR count). The molecule has 11 aromatic carbocycles. The highest BCUT2D eigenvalue weighted by atomic mass is 16.5. The van der Waals surface area contributed by atoms with Crippen molar-refractivity contribution in [3.05, 3.63) is 182 Å². The quantitative estimate of drug-likeness (QED) is 0.170. The molecule has 258 valence electrons. The standard InChI is InChI=1S/C54H30O2/c1-2-12-47-40(8-1)44-11-5-10-42-38(28-29-49(55-47)54(42)44)32-16-14-31(15-17-32)37-23-18-34-21-27-46-39(24-19-35-20-26-45(37)52(34)53(35)46)36-22-25-41-43-9-3-6-33-7-4-13-48(51(33)43)56-50(41)30-36/h1-30H. The summed E-state index contributed by atoms with van der Waals surface area (Å²) in [5.74, 6) is 3.64. The average Bonchev–Trinajstić information content (AvgIpc) is 3.26. The fraction of sp³-hybridized carbons (Fsp3) is 0. The van der Waals surface area contributed by atoms with Gasteiger partial charge in [0.05, 0.1) is 0 Å². The van der Waals surface area contributed by atoms with E-state index in [4.69, 9.17) is 9.47 Å². The summed E-state index contributed by atoms with van der Waals surface area (Å²) in [6.07, 6.45) is 0. The van der Waals surface area contributed by atoms with Gasteiger partial charge in [-0.2, -0.15) is 0 Å². The van der Waals surface area contributed by atoms with Gasteiger partial charge in [0, 0.05) is 21.9 Å². The summed E-state index contributed by atoms with van der Waals surface area (Å²) in [5, 5.41) is 12.4. The third-order valence-corrected chi connectivity index (χ3v) is 12.2. The van der Waals surface area contributed by atoms with Gasteiger partial charge in [0.25, 0.3) is 0 Å². The molecule has 0 radical (unpaired) electrons. The minimum atomic E-state index is 0.899. The first-order valence-electron chi connectivity index (χ1n) is 19.2. The zero-order chi connectivity index (χ0) is 36.5. The number of ether oxygens (including phenoxy) is 2. The van der Waals surface area contributed by atoms with E-state index in [-0.39, 0.29) is 0 Å². The SMILES string of the molecule is c1ccc2c(c1)Oc1ccc(-c3ccc(-c4ccc5ccc6c(-c7ccc8c(c7)Oc7cccc9cccc-8c79)ccc7ccc4c5c76)cc3)c3cccc-2c13. The van der Waals surface area contributed by atoms with E-state index in [9.17, 15) is 0 Å². The Hall–Kier alpha value is -7.42. The Bertz CT molecular complexity index is 3460. The summed E-state index contributed by atoms with van der Waals surface area (Å²) in [7, 11) is 0. The van der Waals surface area contributed by atoms with Crippen molar-refractivity contribution in [2.24, 2.45) is 0 Å². The summed E-state index contributed by atoms with van der Waals surface area (Å²) in [4.78, 5) is 0. The van der Waals surface area contributed by atoms with E-state index < -0.39 is 0 Å². The fourth-order valence-corrected chi connectivity index (χ4v) is 9.70. The second-order valence-corrected chi connectivity index (χ2v) is 15.1. The fourth-order valence-electron chi connectivity index (χ4n) is 9.70. The molecule has 11 aromatic rings. The number of hydrogen-bond donors (Lipinski definition) is 0. The Kier molecular flexibility index (Phi) is 5.92. The molecule has 0 aliphatic carbocycles. The molecule has 0 saturated carbocycles. The van der Waals surface area contributed by atoms with Gasteiger partial charge in [-0.3, -0.25) is 0 Å². The predicted molar refractivity (Wildman–Crippen MR) is 232 cm³/mol. The van der Waals surface area contributed by atoms with Crippen molar-refractivity contribution in [1.82, 2.24) is 0 Å². The molecule has 2 aliphatic rings. The summed E-state index contributed by atoms with van der Waals surface area (Å²) in [6.45, 7) is 0. The lowest BCUT2D eigenvalue weighted by molar-refractivity contribution is 0.487. The maximum absolute atomic E-state index is 6.58. The van der Waals surface area contributed by atoms with Crippen LogP contribution in [-0.2, 0) is 0 Å². The topological polar surface area (TPSA) is 18.5 Å². The summed E-state index contributed by atoms with van der Waals surface area (Å²) in [6, 6.07) is 66.1. The first kappa shape index (κ1) is 30.0. The molecule has 2 aliphatic heterocycles. The van der Waals surface area contributed by atoms with E-state index in [1.165, 1.54) is 92.8 Å². The third-order valence-electron chi connectivity index (χ3n) is 12.2. The van der Waals surface area contributed by atoms with Crippen LogP contribution in [0.3, 0.4) is 0 Å². The van der Waals surface area contributed by atoms with Crippen LogP contribution in [0.25, 0.3) is 109 Å². The van der Waals surface area contributed by atoms with Crippen molar-refractivity contribution in [2.45, 2.75) is 0 Å². The molecule has 0 N–H and O–H groups in total. The molecule has 56 heavy (non-hydrogen) atoms. The Morgan fingerprint density at radius 3 is 1.45 bits per heavy atom. The van der Waals surface area contributed by atoms with Crippen LogP contribution in [0.5, 0.6) is 23.0 Å². The van der Waals surface area contributed by atoms with Gasteiger partial charge in [0.1, 0.15) is 23.0 Å². The number of benzene rings is 11. The Balaban J connectivity index is 0.919. The van der Waals surface area contributed by atoms with Crippen molar-refractivity contribution in [3.63, 3.8) is 0 Å². The highest BCUT2D eigenvalue weighted by molar-refractivity contribution is 6.27. The van der Waals surface area contributed by atoms with Gasteiger partial charge < -0.3 is 9.47 Å². The van der Waals surface area contributed by atoms with E-state index in [2.05, 4.69) is 170 Å². The zero-order valence-electron chi connectivity index (χ0n) is 30.1. The zero-order valence-corrected chi connectivity index (χ0v) is 30.1. The van der Waals surface area contributed by atoms with Crippen LogP contribution in [0.15, 0.2) is 182 Å². The van der Waals surface area contributed by atoms with Crippen LogP contribution in [0.1, 0.15) is 0 Å². The molecule has 2 heteroatoms. The van der Waals surface area contributed by atoms with Gasteiger partial charge in [-0.15, -0.1) is 0 Å². The molecule has 0 amide bonds. The van der Waals surface area contributed by atoms with Gasteiger partial charge in [-0.05, 0) is 118 Å². The number of hydrogen-bond acceptors (Lipinski definition) is 2. The van der Waals surface area contributed by atoms with E-state index in [0.717, 1.165) is 39.7 Å². The highest BCUT2D eigenvalue weighted by Crippen LogP contribution is 2.51. The van der Waals surface area contributed by atoms with Crippen molar-refractivity contribution in [3.8, 4) is 78.6 Å².